The van der Waals surface area contributed by atoms with Gasteiger partial charge in [0.15, 0.2) is 0 Å². The number of piperidine rings is 1. The largest absolute Gasteiger partial charge is 0.383 e. The van der Waals surface area contributed by atoms with Crippen molar-refractivity contribution in [1.29, 1.82) is 0 Å². The average molecular weight is 279 g/mol. The number of carbonyl (C=O) groups excluding carboxylic acids is 1. The standard InChI is InChI=1S/C14H21N3O3/c1-20-9-8-17-10-11(5-6-13(17)18)16-14(19)12-4-2-3-7-15-12/h5-6,10,12,15H,2-4,7-9H2,1H3,(H,16,19)/t12-/m1/s1. The van der Waals surface area contributed by atoms with Crippen LogP contribution in [0.2, 0.25) is 0 Å². The van der Waals surface area contributed by atoms with Gasteiger partial charge in [-0.3, -0.25) is 9.59 Å². The van der Waals surface area contributed by atoms with E-state index in [1.807, 2.05) is 0 Å². The second-order valence-corrected chi connectivity index (χ2v) is 4.93. The SMILES string of the molecule is COCCn1cc(NC(=O)[C@H]2CCCCN2)ccc1=O. The van der Waals surface area contributed by atoms with E-state index in [2.05, 4.69) is 10.6 Å². The summed E-state index contributed by atoms with van der Waals surface area (Å²) in [7, 11) is 1.59. The van der Waals surface area contributed by atoms with Crippen molar-refractivity contribution in [2.24, 2.45) is 0 Å². The molecule has 0 saturated carbocycles. The Hall–Kier alpha value is -1.66. The number of methoxy groups -OCH3 is 1. The van der Waals surface area contributed by atoms with Crippen molar-refractivity contribution >= 4 is 11.6 Å². The Morgan fingerprint density at radius 1 is 1.50 bits per heavy atom. The molecule has 1 saturated heterocycles. The summed E-state index contributed by atoms with van der Waals surface area (Å²) in [5.74, 6) is -0.0401. The topological polar surface area (TPSA) is 72.4 Å². The number of anilines is 1. The van der Waals surface area contributed by atoms with Crippen LogP contribution in [0.1, 0.15) is 19.3 Å². The van der Waals surface area contributed by atoms with Crippen LogP contribution in [0.15, 0.2) is 23.1 Å². The van der Waals surface area contributed by atoms with Gasteiger partial charge in [-0.05, 0) is 25.5 Å². The van der Waals surface area contributed by atoms with Gasteiger partial charge in [0.25, 0.3) is 5.56 Å². The first-order valence-corrected chi connectivity index (χ1v) is 6.94. The molecule has 2 heterocycles. The van der Waals surface area contributed by atoms with Crippen molar-refractivity contribution in [1.82, 2.24) is 9.88 Å². The van der Waals surface area contributed by atoms with E-state index in [-0.39, 0.29) is 17.5 Å². The maximum atomic E-state index is 12.1. The summed E-state index contributed by atoms with van der Waals surface area (Å²) in [5.41, 5.74) is 0.536. The number of carbonyl (C=O) groups is 1. The minimum absolute atomic E-state index is 0.0401. The zero-order valence-electron chi connectivity index (χ0n) is 11.7. The van der Waals surface area contributed by atoms with Crippen molar-refractivity contribution in [2.45, 2.75) is 31.8 Å². The summed E-state index contributed by atoms with van der Waals surface area (Å²) < 4.78 is 6.49. The molecule has 1 aliphatic heterocycles. The van der Waals surface area contributed by atoms with Crippen LogP contribution in [0, 0.1) is 0 Å². The molecule has 1 fully saturated rings. The molecule has 1 atom stereocenters. The monoisotopic (exact) mass is 279 g/mol. The molecule has 6 nitrogen and oxygen atoms in total. The van der Waals surface area contributed by atoms with Crippen LogP contribution in [0.5, 0.6) is 0 Å². The van der Waals surface area contributed by atoms with E-state index < -0.39 is 0 Å². The smallest absolute Gasteiger partial charge is 0.250 e. The summed E-state index contributed by atoms with van der Waals surface area (Å²) >= 11 is 0. The van der Waals surface area contributed by atoms with Crippen LogP contribution >= 0.6 is 0 Å². The number of rotatable bonds is 5. The predicted octanol–water partition coefficient (Wildman–Crippen LogP) is 0.575. The highest BCUT2D eigenvalue weighted by atomic mass is 16.5. The highest BCUT2D eigenvalue weighted by Crippen LogP contribution is 2.10. The van der Waals surface area contributed by atoms with Gasteiger partial charge in [-0.2, -0.15) is 0 Å². The second kappa shape index (κ2) is 7.21. The third kappa shape index (κ3) is 3.91. The number of pyridine rings is 1. The lowest BCUT2D eigenvalue weighted by Gasteiger charge is -2.22. The molecule has 6 heteroatoms. The average Bonchev–Trinajstić information content (AvgIpc) is 2.48. The maximum absolute atomic E-state index is 12.1. The van der Waals surface area contributed by atoms with Gasteiger partial charge in [0.1, 0.15) is 0 Å². The zero-order valence-corrected chi connectivity index (χ0v) is 11.7. The molecule has 0 aromatic carbocycles. The lowest BCUT2D eigenvalue weighted by molar-refractivity contribution is -0.118. The lowest BCUT2D eigenvalue weighted by atomic mass is 10.0. The van der Waals surface area contributed by atoms with E-state index in [1.165, 1.54) is 10.6 Å². The summed E-state index contributed by atoms with van der Waals surface area (Å²) in [6.07, 6.45) is 4.70. The number of hydrogen-bond donors (Lipinski definition) is 2. The number of hydrogen-bond acceptors (Lipinski definition) is 4. The van der Waals surface area contributed by atoms with Crippen LogP contribution in [-0.2, 0) is 16.1 Å². The molecular formula is C14H21N3O3. The molecule has 0 spiro atoms. The van der Waals surface area contributed by atoms with Crippen LogP contribution in [0.4, 0.5) is 5.69 Å². The molecule has 110 valence electrons. The number of nitrogens with one attached hydrogen (secondary N) is 2. The molecule has 0 bridgehead atoms. The molecule has 1 aromatic heterocycles. The summed E-state index contributed by atoms with van der Waals surface area (Å²) in [6, 6.07) is 2.95. The number of nitrogens with zero attached hydrogens (tertiary/aromatic N) is 1. The summed E-state index contributed by atoms with van der Waals surface area (Å²) in [4.78, 5) is 23.7. The fourth-order valence-electron chi connectivity index (χ4n) is 2.27. The highest BCUT2D eigenvalue weighted by Gasteiger charge is 2.20. The molecule has 1 aliphatic rings. The van der Waals surface area contributed by atoms with Crippen molar-refractivity contribution in [3.63, 3.8) is 0 Å². The van der Waals surface area contributed by atoms with Gasteiger partial charge in [0.2, 0.25) is 5.91 Å². The highest BCUT2D eigenvalue weighted by molar-refractivity contribution is 5.94. The molecule has 20 heavy (non-hydrogen) atoms. The third-order valence-electron chi connectivity index (χ3n) is 3.41. The van der Waals surface area contributed by atoms with Crippen LogP contribution < -0.4 is 16.2 Å². The van der Waals surface area contributed by atoms with E-state index in [1.54, 1.807) is 19.4 Å². The first-order chi connectivity index (χ1) is 9.70. The lowest BCUT2D eigenvalue weighted by Crippen LogP contribution is -2.43. The number of ether oxygens (including phenoxy) is 1. The molecule has 2 N–H and O–H groups in total. The normalized spacial score (nSPS) is 18.8. The van der Waals surface area contributed by atoms with Crippen LogP contribution in [0.25, 0.3) is 0 Å². The van der Waals surface area contributed by atoms with Crippen molar-refractivity contribution in [3.05, 3.63) is 28.7 Å². The minimum Gasteiger partial charge on any atom is -0.383 e. The van der Waals surface area contributed by atoms with Crippen molar-refractivity contribution in [2.75, 3.05) is 25.6 Å². The van der Waals surface area contributed by atoms with E-state index in [4.69, 9.17) is 4.74 Å². The Kier molecular flexibility index (Phi) is 5.31. The number of aromatic nitrogens is 1. The van der Waals surface area contributed by atoms with Gasteiger partial charge in [-0.1, -0.05) is 6.42 Å². The maximum Gasteiger partial charge on any atom is 0.250 e. The fraction of sp³-hybridized carbons (Fsp3) is 0.571. The van der Waals surface area contributed by atoms with Gasteiger partial charge in [0.05, 0.1) is 18.3 Å². The van der Waals surface area contributed by atoms with Gasteiger partial charge >= 0.3 is 0 Å². The fourth-order valence-corrected chi connectivity index (χ4v) is 2.27. The van der Waals surface area contributed by atoms with E-state index in [9.17, 15) is 9.59 Å². The Morgan fingerprint density at radius 2 is 2.35 bits per heavy atom. The molecule has 2 rings (SSSR count). The number of amides is 1. The molecule has 1 amide bonds. The Bertz CT molecular complexity index is 507. The molecule has 0 radical (unpaired) electrons. The van der Waals surface area contributed by atoms with E-state index >= 15 is 0 Å². The minimum atomic E-state index is -0.136. The third-order valence-corrected chi connectivity index (χ3v) is 3.41. The second-order valence-electron chi connectivity index (χ2n) is 4.93. The molecule has 1 aromatic rings. The van der Waals surface area contributed by atoms with E-state index in [0.29, 0.717) is 18.8 Å². The quantitative estimate of drug-likeness (QED) is 0.827. The van der Waals surface area contributed by atoms with Gasteiger partial charge in [-0.25, -0.2) is 0 Å². The molecule has 0 aliphatic carbocycles. The predicted molar refractivity (Wildman–Crippen MR) is 76.8 cm³/mol. The summed E-state index contributed by atoms with van der Waals surface area (Å²) in [5, 5.41) is 6.05. The van der Waals surface area contributed by atoms with Crippen LogP contribution in [-0.4, -0.2) is 36.8 Å². The van der Waals surface area contributed by atoms with Gasteiger partial charge < -0.3 is 19.9 Å². The van der Waals surface area contributed by atoms with Crippen molar-refractivity contribution in [3.8, 4) is 0 Å². The first-order valence-electron chi connectivity index (χ1n) is 6.94. The van der Waals surface area contributed by atoms with Gasteiger partial charge in [0, 0.05) is 25.9 Å². The molecule has 0 unspecified atom stereocenters. The Labute approximate surface area is 118 Å². The van der Waals surface area contributed by atoms with Crippen LogP contribution in [0.3, 0.4) is 0 Å². The Balaban J connectivity index is 2.01. The van der Waals surface area contributed by atoms with Crippen molar-refractivity contribution < 1.29 is 9.53 Å². The zero-order chi connectivity index (χ0) is 14.4. The van der Waals surface area contributed by atoms with E-state index in [0.717, 1.165) is 25.8 Å². The van der Waals surface area contributed by atoms with Gasteiger partial charge in [-0.15, -0.1) is 0 Å². The molecular weight excluding hydrogens is 258 g/mol. The Morgan fingerprint density at radius 3 is 3.05 bits per heavy atom. The first kappa shape index (κ1) is 14.7. The summed E-state index contributed by atoms with van der Waals surface area (Å²) in [6.45, 7) is 1.81.